The minimum absolute atomic E-state index is 0. The summed E-state index contributed by atoms with van der Waals surface area (Å²) in [6.07, 6.45) is 0. The van der Waals surface area contributed by atoms with E-state index < -0.39 is 0 Å². The second kappa shape index (κ2) is 12.0. The van der Waals surface area contributed by atoms with Crippen molar-refractivity contribution in [3.05, 3.63) is 133 Å². The van der Waals surface area contributed by atoms with Crippen LogP contribution in [0.25, 0.3) is 66.6 Å². The second-order valence-corrected chi connectivity index (χ2v) is 9.73. The van der Waals surface area contributed by atoms with Gasteiger partial charge in [0.2, 0.25) is 0 Å². The molecule has 0 fully saturated rings. The van der Waals surface area contributed by atoms with Gasteiger partial charge in [-0.05, 0) is 58.7 Å². The number of phenolic OH excluding ortho intramolecular Hbond substituents is 2. The van der Waals surface area contributed by atoms with Gasteiger partial charge < -0.3 is 10.2 Å². The van der Waals surface area contributed by atoms with Crippen LogP contribution < -0.4 is 0 Å². The van der Waals surface area contributed by atoms with Gasteiger partial charge in [0.15, 0.2) is 0 Å². The molecule has 0 atom stereocenters. The van der Waals surface area contributed by atoms with Crippen LogP contribution >= 0.6 is 0 Å². The summed E-state index contributed by atoms with van der Waals surface area (Å²) in [5.74, 6) is 0.336. The molecular weight excluding hydrogens is 699 g/mol. The molecule has 0 aliphatic heterocycles. The summed E-state index contributed by atoms with van der Waals surface area (Å²) in [7, 11) is 0. The van der Waals surface area contributed by atoms with E-state index >= 15 is 0 Å². The van der Waals surface area contributed by atoms with E-state index in [1.165, 1.54) is 0 Å². The number of aromatic hydroxyl groups is 2. The molecule has 42 heavy (non-hydrogen) atoms. The molecule has 0 unspecified atom stereocenters. The normalized spacial score (nSPS) is 10.7. The monoisotopic (exact) mass is 727 g/mol. The molecule has 2 N–H and O–H groups in total. The molecule has 0 amide bonds. The Balaban J connectivity index is 0.00000176. The van der Waals surface area contributed by atoms with Gasteiger partial charge in [-0.15, -0.1) is 0 Å². The van der Waals surface area contributed by atoms with E-state index in [0.29, 0.717) is 22.5 Å². The van der Waals surface area contributed by atoms with E-state index in [9.17, 15) is 10.2 Å². The van der Waals surface area contributed by atoms with Gasteiger partial charge in [-0.1, -0.05) is 104 Å². The molecule has 0 aliphatic rings. The molecule has 208 valence electrons. The van der Waals surface area contributed by atoms with Gasteiger partial charge in [-0.2, -0.15) is 0 Å². The number of fused-ring (bicyclic) bond motifs is 3. The quantitative estimate of drug-likeness (QED) is 0.177. The van der Waals surface area contributed by atoms with Gasteiger partial charge in [-0.3, -0.25) is 0 Å². The van der Waals surface area contributed by atoms with Crippen molar-refractivity contribution in [3.63, 3.8) is 0 Å². The minimum Gasteiger partial charge on any atom is -0.507 e. The maximum atomic E-state index is 10.7. The van der Waals surface area contributed by atoms with Crippen LogP contribution in [0.3, 0.4) is 0 Å². The van der Waals surface area contributed by atoms with Crippen molar-refractivity contribution in [1.29, 1.82) is 0 Å². The predicted molar refractivity (Wildman–Crippen MR) is 169 cm³/mol. The van der Waals surface area contributed by atoms with Gasteiger partial charge in [0, 0.05) is 43.0 Å². The molecule has 0 spiro atoms. The fourth-order valence-corrected chi connectivity index (χ4v) is 5.34. The van der Waals surface area contributed by atoms with Crippen LogP contribution in [-0.2, 0) is 21.1 Å². The number of benzene rings is 5. The third-order valence-corrected chi connectivity index (χ3v) is 7.29. The number of para-hydroxylation sites is 2. The van der Waals surface area contributed by atoms with Crippen molar-refractivity contribution in [2.75, 3.05) is 0 Å². The molecule has 0 saturated carbocycles. The number of rotatable bonds is 4. The Bertz CT molecular complexity index is 1880. The molecule has 0 aliphatic carbocycles. The first kappa shape index (κ1) is 28.7. The number of nitrogens with zero attached hydrogens (tertiary/aromatic N) is 2. The Hall–Kier alpha value is -4.79. The van der Waals surface area contributed by atoms with E-state index in [2.05, 4.69) is 36.4 Å². The van der Waals surface area contributed by atoms with Crippen LogP contribution in [0.4, 0.5) is 0 Å². The maximum Gasteiger partial charge on any atom is 0.124 e. The van der Waals surface area contributed by atoms with Crippen LogP contribution in [0, 0.1) is 0 Å². The largest absolute Gasteiger partial charge is 0.507 e. The van der Waals surface area contributed by atoms with E-state index in [0.717, 1.165) is 44.1 Å². The first-order valence-corrected chi connectivity index (χ1v) is 13.1. The van der Waals surface area contributed by atoms with Crippen LogP contribution in [0.1, 0.15) is 7.43 Å². The summed E-state index contributed by atoms with van der Waals surface area (Å²) in [4.78, 5) is 10.3. The Kier molecular flexibility index (Phi) is 8.19. The first-order chi connectivity index (χ1) is 19.7. The van der Waals surface area contributed by atoms with Crippen molar-refractivity contribution in [2.24, 2.45) is 0 Å². The van der Waals surface area contributed by atoms with Crippen LogP contribution in [0.15, 0.2) is 133 Å². The molecule has 0 radical (unpaired) electrons. The molecule has 4 nitrogen and oxygen atoms in total. The minimum atomic E-state index is 0. The zero-order chi connectivity index (χ0) is 27.1. The molecule has 5 heteroatoms. The Morgan fingerprint density at radius 1 is 0.405 bits per heavy atom. The van der Waals surface area contributed by atoms with Gasteiger partial charge in [0.05, 0.1) is 22.4 Å². The molecule has 7 rings (SSSR count). The van der Waals surface area contributed by atoms with Crippen molar-refractivity contribution >= 4 is 21.8 Å². The molecule has 0 saturated heterocycles. The summed E-state index contributed by atoms with van der Waals surface area (Å²) in [5.41, 5.74) is 8.18. The zero-order valence-electron chi connectivity index (χ0n) is 21.8. The van der Waals surface area contributed by atoms with Crippen molar-refractivity contribution in [1.82, 2.24) is 9.97 Å². The topological polar surface area (TPSA) is 66.2 Å². The van der Waals surface area contributed by atoms with Gasteiger partial charge in [0.1, 0.15) is 11.5 Å². The maximum absolute atomic E-state index is 10.7. The second-order valence-electron chi connectivity index (χ2n) is 9.73. The Morgan fingerprint density at radius 2 is 0.762 bits per heavy atom. The summed E-state index contributed by atoms with van der Waals surface area (Å²) in [6.45, 7) is 0. The molecule has 7 aromatic rings. The summed E-state index contributed by atoms with van der Waals surface area (Å²) >= 11 is 0. The average molecular weight is 728 g/mol. The third-order valence-electron chi connectivity index (χ3n) is 7.29. The SMILES string of the molecule is C.Oc1ccccc1-c1cc(-c2ccccc2)c2ccc3c(-c4ccccc4)cc(-c4ccccc4O)nc3c2n1.[Pt]. The smallest absolute Gasteiger partial charge is 0.124 e. The van der Waals surface area contributed by atoms with Crippen molar-refractivity contribution in [3.8, 4) is 56.3 Å². The average Bonchev–Trinajstić information content (AvgIpc) is 3.01. The van der Waals surface area contributed by atoms with E-state index in [-0.39, 0.29) is 40.0 Å². The summed E-state index contributed by atoms with van der Waals surface area (Å²) < 4.78 is 0. The molecule has 5 aromatic carbocycles. The van der Waals surface area contributed by atoms with Crippen LogP contribution in [0.2, 0.25) is 0 Å². The predicted octanol–water partition coefficient (Wildman–Crippen LogP) is 9.50. The fraction of sp³-hybridized carbons (Fsp3) is 0.0270. The molecule has 2 heterocycles. The van der Waals surface area contributed by atoms with Crippen LogP contribution in [-0.4, -0.2) is 20.2 Å². The summed E-state index contributed by atoms with van der Waals surface area (Å²) in [5, 5.41) is 23.4. The molecular formula is C37H28N2O2Pt. The first-order valence-electron chi connectivity index (χ1n) is 13.1. The zero-order valence-corrected chi connectivity index (χ0v) is 24.1. The van der Waals surface area contributed by atoms with E-state index in [4.69, 9.17) is 9.97 Å². The van der Waals surface area contributed by atoms with E-state index in [1.54, 1.807) is 24.3 Å². The number of hydrogen-bond acceptors (Lipinski definition) is 4. The third kappa shape index (κ3) is 5.06. The molecule has 2 aromatic heterocycles. The standard InChI is InChI=1S/C36H24N2O2.CH4.Pt/c39-33-17-9-7-15-27(33)31-21-29(23-11-3-1-4-12-23)25-19-20-26-30(24-13-5-2-6-14-24)22-32(38-36(26)35(25)37-31)28-16-8-10-18-34(28)40;;/h1-22,39-40H;1H4;. The fourth-order valence-electron chi connectivity index (χ4n) is 5.34. The Morgan fingerprint density at radius 3 is 1.14 bits per heavy atom. The van der Waals surface area contributed by atoms with Gasteiger partial charge >= 0.3 is 0 Å². The number of hydrogen-bond donors (Lipinski definition) is 2. The van der Waals surface area contributed by atoms with Gasteiger partial charge in [-0.25, -0.2) is 9.97 Å². The Labute approximate surface area is 259 Å². The van der Waals surface area contributed by atoms with Gasteiger partial charge in [0.25, 0.3) is 0 Å². The number of phenols is 2. The van der Waals surface area contributed by atoms with Crippen molar-refractivity contribution in [2.45, 2.75) is 7.43 Å². The van der Waals surface area contributed by atoms with E-state index in [1.807, 2.05) is 72.8 Å². The molecule has 0 bridgehead atoms. The van der Waals surface area contributed by atoms with Crippen LogP contribution in [0.5, 0.6) is 11.5 Å². The van der Waals surface area contributed by atoms with Crippen molar-refractivity contribution < 1.29 is 31.3 Å². The number of pyridine rings is 2. The summed E-state index contributed by atoms with van der Waals surface area (Å²) in [6, 6.07) is 43.2. The number of aromatic nitrogens is 2.